The van der Waals surface area contributed by atoms with Gasteiger partial charge in [-0.1, -0.05) is 23.7 Å². The van der Waals surface area contributed by atoms with Gasteiger partial charge in [-0.05, 0) is 41.8 Å². The third kappa shape index (κ3) is 4.86. The first-order chi connectivity index (χ1) is 13.1. The summed E-state index contributed by atoms with van der Waals surface area (Å²) in [6, 6.07) is 10.1. The number of anilines is 1. The van der Waals surface area contributed by atoms with Crippen molar-refractivity contribution in [3.05, 3.63) is 52.5 Å². The molecule has 0 aliphatic carbocycles. The van der Waals surface area contributed by atoms with Gasteiger partial charge in [0.05, 0.1) is 15.5 Å². The number of nitrogens with zero attached hydrogens (tertiary/aromatic N) is 1. The molecular formula is C19H23ClN2O4S2. The van der Waals surface area contributed by atoms with Gasteiger partial charge in [0.1, 0.15) is 0 Å². The molecule has 28 heavy (non-hydrogen) atoms. The Morgan fingerprint density at radius 1 is 1.07 bits per heavy atom. The van der Waals surface area contributed by atoms with Gasteiger partial charge in [0.15, 0.2) is 19.7 Å². The van der Waals surface area contributed by atoms with E-state index in [0.717, 1.165) is 43.6 Å². The highest BCUT2D eigenvalue weighted by Gasteiger charge is 2.20. The second kappa shape index (κ2) is 8.02. The van der Waals surface area contributed by atoms with Gasteiger partial charge in [-0.2, -0.15) is 0 Å². The van der Waals surface area contributed by atoms with E-state index in [9.17, 15) is 16.8 Å². The van der Waals surface area contributed by atoms with E-state index < -0.39 is 19.7 Å². The minimum Gasteiger partial charge on any atom is -0.383 e. The lowest BCUT2D eigenvalue weighted by atomic mass is 10.00. The number of nitrogens with one attached hydrogen (secondary N) is 1. The van der Waals surface area contributed by atoms with Crippen molar-refractivity contribution in [2.75, 3.05) is 37.5 Å². The number of rotatable bonds is 6. The van der Waals surface area contributed by atoms with Crippen LogP contribution in [0.3, 0.4) is 0 Å². The number of hydrogen-bond donors (Lipinski definition) is 1. The Kier molecular flexibility index (Phi) is 6.05. The smallest absolute Gasteiger partial charge is 0.177 e. The van der Waals surface area contributed by atoms with Crippen molar-refractivity contribution in [1.82, 2.24) is 4.90 Å². The second-order valence-corrected chi connectivity index (χ2v) is 11.4. The van der Waals surface area contributed by atoms with E-state index in [1.807, 2.05) is 12.1 Å². The first kappa shape index (κ1) is 21.1. The van der Waals surface area contributed by atoms with Gasteiger partial charge in [-0.3, -0.25) is 4.90 Å². The molecule has 0 saturated heterocycles. The van der Waals surface area contributed by atoms with Crippen LogP contribution in [0.15, 0.2) is 46.2 Å². The maximum atomic E-state index is 12.1. The number of fused-ring (bicyclic) bond motifs is 1. The summed E-state index contributed by atoms with van der Waals surface area (Å²) in [7, 11) is -7.05. The number of hydrogen-bond acceptors (Lipinski definition) is 6. The SMILES string of the molecule is CS(=O)(=O)c1ccc(NCCN2CCc3c(Cl)cccc3C2)c(S(C)(=O)=O)c1. The predicted octanol–water partition coefficient (Wildman–Crippen LogP) is 2.62. The van der Waals surface area contributed by atoms with Crippen LogP contribution >= 0.6 is 11.6 Å². The molecule has 0 saturated carbocycles. The molecule has 1 N–H and O–H groups in total. The van der Waals surface area contributed by atoms with Gasteiger partial charge in [-0.25, -0.2) is 16.8 Å². The lowest BCUT2D eigenvalue weighted by Crippen LogP contribution is -2.34. The van der Waals surface area contributed by atoms with Crippen molar-refractivity contribution in [3.8, 4) is 0 Å². The standard InChI is InChI=1S/C19H23ClN2O4S2/c1-27(23,24)15-6-7-18(19(12-15)28(2,25)26)21-9-11-22-10-8-16-14(13-22)4-3-5-17(16)20/h3-7,12,21H,8-11,13H2,1-2H3. The average molecular weight is 443 g/mol. The first-order valence-electron chi connectivity index (χ1n) is 8.82. The highest BCUT2D eigenvalue weighted by molar-refractivity contribution is 7.91. The van der Waals surface area contributed by atoms with E-state index >= 15 is 0 Å². The molecule has 0 radical (unpaired) electrons. The number of benzene rings is 2. The molecule has 152 valence electrons. The maximum Gasteiger partial charge on any atom is 0.177 e. The quantitative estimate of drug-likeness (QED) is 0.740. The van der Waals surface area contributed by atoms with Crippen LogP contribution in [-0.4, -0.2) is 53.9 Å². The summed E-state index contributed by atoms with van der Waals surface area (Å²) in [4.78, 5) is 2.26. The van der Waals surface area contributed by atoms with Crippen molar-refractivity contribution in [2.45, 2.75) is 22.8 Å². The van der Waals surface area contributed by atoms with Gasteiger partial charge >= 0.3 is 0 Å². The van der Waals surface area contributed by atoms with Crippen LogP contribution in [0.5, 0.6) is 0 Å². The second-order valence-electron chi connectivity index (χ2n) is 7.03. The van der Waals surface area contributed by atoms with Crippen LogP contribution in [0.4, 0.5) is 5.69 Å². The van der Waals surface area contributed by atoms with Crippen molar-refractivity contribution >= 4 is 37.0 Å². The molecule has 0 unspecified atom stereocenters. The summed E-state index contributed by atoms with van der Waals surface area (Å²) < 4.78 is 47.7. The third-order valence-corrected chi connectivity index (χ3v) is 7.41. The van der Waals surface area contributed by atoms with Gasteiger partial charge < -0.3 is 5.32 Å². The monoisotopic (exact) mass is 442 g/mol. The molecule has 0 spiro atoms. The van der Waals surface area contributed by atoms with Crippen molar-refractivity contribution in [2.24, 2.45) is 0 Å². The fourth-order valence-electron chi connectivity index (χ4n) is 3.35. The van der Waals surface area contributed by atoms with Gasteiger partial charge in [-0.15, -0.1) is 0 Å². The average Bonchev–Trinajstić information content (AvgIpc) is 2.60. The Balaban J connectivity index is 1.70. The van der Waals surface area contributed by atoms with E-state index in [0.29, 0.717) is 12.2 Å². The normalized spacial score (nSPS) is 15.2. The Morgan fingerprint density at radius 2 is 1.82 bits per heavy atom. The molecule has 0 amide bonds. The van der Waals surface area contributed by atoms with E-state index in [4.69, 9.17) is 11.6 Å². The predicted molar refractivity (Wildman–Crippen MR) is 112 cm³/mol. The minimum atomic E-state index is -3.57. The van der Waals surface area contributed by atoms with Gasteiger partial charge in [0.2, 0.25) is 0 Å². The summed E-state index contributed by atoms with van der Waals surface area (Å²) >= 11 is 6.25. The minimum absolute atomic E-state index is 0.00815. The van der Waals surface area contributed by atoms with Crippen LogP contribution in [-0.2, 0) is 32.6 Å². The van der Waals surface area contributed by atoms with Gasteiger partial charge in [0, 0.05) is 43.7 Å². The summed E-state index contributed by atoms with van der Waals surface area (Å²) in [5, 5.41) is 3.94. The van der Waals surface area contributed by atoms with E-state index in [-0.39, 0.29) is 9.79 Å². The molecule has 0 aromatic heterocycles. The van der Waals surface area contributed by atoms with Crippen LogP contribution in [0, 0.1) is 0 Å². The first-order valence-corrected chi connectivity index (χ1v) is 13.0. The van der Waals surface area contributed by atoms with Gasteiger partial charge in [0.25, 0.3) is 0 Å². The lowest BCUT2D eigenvalue weighted by molar-refractivity contribution is 0.264. The molecule has 1 aliphatic rings. The van der Waals surface area contributed by atoms with Crippen molar-refractivity contribution < 1.29 is 16.8 Å². The fourth-order valence-corrected chi connectivity index (χ4v) is 5.24. The zero-order chi connectivity index (χ0) is 20.5. The number of sulfone groups is 2. The third-order valence-electron chi connectivity index (χ3n) is 4.81. The maximum absolute atomic E-state index is 12.1. The molecule has 1 aliphatic heterocycles. The van der Waals surface area contributed by atoms with Crippen LogP contribution in [0.25, 0.3) is 0 Å². The molecule has 0 bridgehead atoms. The molecule has 6 nitrogen and oxygen atoms in total. The molecule has 2 aromatic carbocycles. The molecule has 1 heterocycles. The lowest BCUT2D eigenvalue weighted by Gasteiger charge is -2.29. The number of halogens is 1. The largest absolute Gasteiger partial charge is 0.383 e. The summed E-state index contributed by atoms with van der Waals surface area (Å²) in [5.74, 6) is 0. The highest BCUT2D eigenvalue weighted by Crippen LogP contribution is 2.27. The van der Waals surface area contributed by atoms with E-state index in [1.165, 1.54) is 29.3 Å². The fraction of sp³-hybridized carbons (Fsp3) is 0.368. The molecule has 0 fully saturated rings. The Morgan fingerprint density at radius 3 is 2.50 bits per heavy atom. The summed E-state index contributed by atoms with van der Waals surface area (Å²) in [5.41, 5.74) is 2.83. The summed E-state index contributed by atoms with van der Waals surface area (Å²) in [6.07, 6.45) is 3.01. The zero-order valence-electron chi connectivity index (χ0n) is 15.8. The molecular weight excluding hydrogens is 420 g/mol. The highest BCUT2D eigenvalue weighted by atomic mass is 35.5. The topological polar surface area (TPSA) is 83.6 Å². The van der Waals surface area contributed by atoms with Crippen LogP contribution in [0.2, 0.25) is 5.02 Å². The Bertz CT molecular complexity index is 1100. The molecule has 0 atom stereocenters. The van der Waals surface area contributed by atoms with E-state index in [2.05, 4.69) is 16.3 Å². The van der Waals surface area contributed by atoms with Crippen LogP contribution in [0.1, 0.15) is 11.1 Å². The molecule has 3 rings (SSSR count). The summed E-state index contributed by atoms with van der Waals surface area (Å²) in [6.45, 7) is 2.94. The van der Waals surface area contributed by atoms with Crippen LogP contribution < -0.4 is 5.32 Å². The zero-order valence-corrected chi connectivity index (χ0v) is 18.2. The Labute approximate surface area is 171 Å². The molecule has 2 aromatic rings. The van der Waals surface area contributed by atoms with Crippen molar-refractivity contribution in [1.29, 1.82) is 0 Å². The molecule has 9 heteroatoms. The Hall–Kier alpha value is -1.61. The van der Waals surface area contributed by atoms with Crippen molar-refractivity contribution in [3.63, 3.8) is 0 Å². The van der Waals surface area contributed by atoms with E-state index in [1.54, 1.807) is 0 Å².